The van der Waals surface area contributed by atoms with E-state index in [0.717, 1.165) is 44.1 Å². The zero-order chi connectivity index (χ0) is 22.0. The number of sulfonamides is 1. The van der Waals surface area contributed by atoms with Gasteiger partial charge in [0.1, 0.15) is 17.7 Å². The van der Waals surface area contributed by atoms with Gasteiger partial charge in [-0.1, -0.05) is 0 Å². The van der Waals surface area contributed by atoms with Crippen LogP contribution in [0.3, 0.4) is 0 Å². The fourth-order valence-corrected chi connectivity index (χ4v) is 5.60. The van der Waals surface area contributed by atoms with Crippen LogP contribution in [0, 0.1) is 5.82 Å². The first-order valence-corrected chi connectivity index (χ1v) is 11.8. The van der Waals surface area contributed by atoms with Crippen molar-refractivity contribution in [3.05, 3.63) is 48.4 Å². The van der Waals surface area contributed by atoms with Crippen LogP contribution in [-0.4, -0.2) is 74.3 Å². The molecule has 31 heavy (non-hydrogen) atoms. The molecule has 0 bridgehead atoms. The maximum absolute atomic E-state index is 13.2. The summed E-state index contributed by atoms with van der Waals surface area (Å²) in [5.41, 5.74) is 0.522. The second-order valence-electron chi connectivity index (χ2n) is 7.91. The molecule has 0 aliphatic carbocycles. The van der Waals surface area contributed by atoms with Gasteiger partial charge < -0.3 is 15.1 Å². The van der Waals surface area contributed by atoms with Crippen LogP contribution in [0.4, 0.5) is 15.9 Å². The number of nitrogens with one attached hydrogen (secondary N) is 1. The normalized spacial score (nSPS) is 20.7. The molecular weight excluding hydrogens is 421 g/mol. The number of benzene rings is 1. The van der Waals surface area contributed by atoms with E-state index < -0.39 is 27.8 Å². The van der Waals surface area contributed by atoms with Gasteiger partial charge in [0.2, 0.25) is 15.9 Å². The fourth-order valence-electron chi connectivity index (χ4n) is 3.94. The number of amides is 1. The Hall–Kier alpha value is -2.56. The van der Waals surface area contributed by atoms with Gasteiger partial charge in [0, 0.05) is 32.7 Å². The largest absolute Gasteiger partial charge is 0.354 e. The van der Waals surface area contributed by atoms with E-state index in [1.54, 1.807) is 12.3 Å². The van der Waals surface area contributed by atoms with Gasteiger partial charge in [0.05, 0.1) is 16.8 Å². The Kier molecular flexibility index (Phi) is 6.22. The van der Waals surface area contributed by atoms with E-state index >= 15 is 0 Å². The van der Waals surface area contributed by atoms with Crippen molar-refractivity contribution in [2.45, 2.75) is 23.8 Å². The average Bonchev–Trinajstić information content (AvgIpc) is 3.26. The fraction of sp³-hybridized carbons (Fsp3) is 0.429. The lowest BCUT2D eigenvalue weighted by molar-refractivity contribution is -0.119. The Labute approximate surface area is 181 Å². The van der Waals surface area contributed by atoms with Crippen molar-refractivity contribution in [1.29, 1.82) is 0 Å². The summed E-state index contributed by atoms with van der Waals surface area (Å²) in [7, 11) is -1.80. The van der Waals surface area contributed by atoms with Gasteiger partial charge in [-0.05, 0) is 56.3 Å². The molecule has 1 unspecified atom stereocenters. The van der Waals surface area contributed by atoms with Crippen LogP contribution in [0.2, 0.25) is 0 Å². The first-order valence-electron chi connectivity index (χ1n) is 10.3. The first kappa shape index (κ1) is 21.7. The summed E-state index contributed by atoms with van der Waals surface area (Å²) < 4.78 is 40.3. The number of carbonyl (C=O) groups excluding carboxylic acids is 1. The van der Waals surface area contributed by atoms with Gasteiger partial charge in [-0.15, -0.1) is 0 Å². The Morgan fingerprint density at radius 3 is 2.42 bits per heavy atom. The predicted octanol–water partition coefficient (Wildman–Crippen LogP) is 1.76. The summed E-state index contributed by atoms with van der Waals surface area (Å²) in [4.78, 5) is 21.7. The SMILES string of the molecule is CN1CCN(c2ccc(NC(=O)C3CCCN3S(=O)(=O)c3ccc(F)cc3)cn2)CC1. The van der Waals surface area contributed by atoms with Crippen LogP contribution in [0.15, 0.2) is 47.5 Å². The standard InChI is InChI=1S/C21H26FN5O3S/c1-25-11-13-26(14-12-25)20-9-6-17(15-23-20)24-21(28)19-3-2-10-27(19)31(29,30)18-7-4-16(22)5-8-18/h4-9,15,19H,2-3,10-14H2,1H3,(H,24,28). The minimum absolute atomic E-state index is 0.0215. The Balaban J connectivity index is 1.43. The summed E-state index contributed by atoms with van der Waals surface area (Å²) in [6.45, 7) is 3.99. The van der Waals surface area contributed by atoms with E-state index in [-0.39, 0.29) is 11.4 Å². The highest BCUT2D eigenvalue weighted by Gasteiger charge is 2.39. The van der Waals surface area contributed by atoms with Gasteiger partial charge in [-0.25, -0.2) is 17.8 Å². The van der Waals surface area contributed by atoms with Crippen LogP contribution in [0.1, 0.15) is 12.8 Å². The molecule has 4 rings (SSSR count). The van der Waals surface area contributed by atoms with Gasteiger partial charge in [-0.3, -0.25) is 4.79 Å². The minimum Gasteiger partial charge on any atom is -0.354 e. The van der Waals surface area contributed by atoms with E-state index in [9.17, 15) is 17.6 Å². The van der Waals surface area contributed by atoms with E-state index in [2.05, 4.69) is 27.1 Å². The zero-order valence-corrected chi connectivity index (χ0v) is 18.2. The Morgan fingerprint density at radius 2 is 1.77 bits per heavy atom. The van der Waals surface area contributed by atoms with Crippen molar-refractivity contribution in [1.82, 2.24) is 14.2 Å². The van der Waals surface area contributed by atoms with E-state index in [1.165, 1.54) is 16.4 Å². The van der Waals surface area contributed by atoms with Crippen molar-refractivity contribution in [3.8, 4) is 0 Å². The summed E-state index contributed by atoms with van der Waals surface area (Å²) in [6, 6.07) is 7.48. The first-order chi connectivity index (χ1) is 14.8. The minimum atomic E-state index is -3.89. The van der Waals surface area contributed by atoms with Crippen molar-refractivity contribution in [3.63, 3.8) is 0 Å². The molecule has 1 aromatic carbocycles. The second kappa shape index (κ2) is 8.89. The third-order valence-electron chi connectivity index (χ3n) is 5.77. The zero-order valence-electron chi connectivity index (χ0n) is 17.4. The van der Waals surface area contributed by atoms with Crippen LogP contribution in [0.25, 0.3) is 0 Å². The molecule has 0 spiro atoms. The van der Waals surface area contributed by atoms with Gasteiger partial charge in [0.15, 0.2) is 0 Å². The number of halogens is 1. The van der Waals surface area contributed by atoms with Crippen LogP contribution < -0.4 is 10.2 Å². The number of aromatic nitrogens is 1. The Bertz CT molecular complexity index is 1020. The molecule has 1 aromatic heterocycles. The number of pyridine rings is 1. The van der Waals surface area contributed by atoms with Gasteiger partial charge in [-0.2, -0.15) is 4.31 Å². The van der Waals surface area contributed by atoms with Crippen molar-refractivity contribution in [2.24, 2.45) is 0 Å². The molecule has 1 N–H and O–H groups in total. The molecule has 3 heterocycles. The van der Waals surface area contributed by atoms with Gasteiger partial charge >= 0.3 is 0 Å². The lowest BCUT2D eigenvalue weighted by Crippen LogP contribution is -2.44. The highest BCUT2D eigenvalue weighted by atomic mass is 32.2. The molecule has 1 amide bonds. The lowest BCUT2D eigenvalue weighted by atomic mass is 10.2. The smallest absolute Gasteiger partial charge is 0.243 e. The maximum atomic E-state index is 13.2. The maximum Gasteiger partial charge on any atom is 0.243 e. The Morgan fingerprint density at radius 1 is 1.06 bits per heavy atom. The summed E-state index contributed by atoms with van der Waals surface area (Å²) >= 11 is 0. The number of hydrogen-bond acceptors (Lipinski definition) is 6. The number of rotatable bonds is 5. The molecule has 0 radical (unpaired) electrons. The molecule has 2 aliphatic heterocycles. The summed E-state index contributed by atoms with van der Waals surface area (Å²) in [6.07, 6.45) is 2.61. The number of piperazine rings is 1. The molecule has 0 saturated carbocycles. The van der Waals surface area contributed by atoms with E-state index in [1.807, 2.05) is 6.07 Å². The predicted molar refractivity (Wildman–Crippen MR) is 116 cm³/mol. The van der Waals surface area contributed by atoms with Gasteiger partial charge in [0.25, 0.3) is 0 Å². The van der Waals surface area contributed by atoms with E-state index in [0.29, 0.717) is 18.5 Å². The number of likely N-dealkylation sites (N-methyl/N-ethyl adjacent to an activating group) is 1. The second-order valence-corrected chi connectivity index (χ2v) is 9.80. The molecule has 2 saturated heterocycles. The number of carbonyl (C=O) groups is 1. The van der Waals surface area contributed by atoms with Crippen molar-refractivity contribution >= 4 is 27.4 Å². The van der Waals surface area contributed by atoms with Crippen LogP contribution in [-0.2, 0) is 14.8 Å². The van der Waals surface area contributed by atoms with Crippen molar-refractivity contribution in [2.75, 3.05) is 50.0 Å². The van der Waals surface area contributed by atoms with E-state index in [4.69, 9.17) is 0 Å². The summed E-state index contributed by atoms with van der Waals surface area (Å²) in [5.74, 6) is -0.0491. The molecule has 2 aliphatic rings. The number of anilines is 2. The van der Waals surface area contributed by atoms with Crippen molar-refractivity contribution < 1.29 is 17.6 Å². The molecular formula is C21H26FN5O3S. The molecule has 2 aromatic rings. The quantitative estimate of drug-likeness (QED) is 0.752. The molecule has 8 nitrogen and oxygen atoms in total. The molecule has 1 atom stereocenters. The van der Waals surface area contributed by atoms with Crippen LogP contribution >= 0.6 is 0 Å². The molecule has 166 valence electrons. The van der Waals surface area contributed by atoms with Crippen LogP contribution in [0.5, 0.6) is 0 Å². The summed E-state index contributed by atoms with van der Waals surface area (Å²) in [5, 5.41) is 2.79. The highest BCUT2D eigenvalue weighted by Crippen LogP contribution is 2.27. The topological polar surface area (TPSA) is 85.9 Å². The third-order valence-corrected chi connectivity index (χ3v) is 7.69. The lowest BCUT2D eigenvalue weighted by Gasteiger charge is -2.33. The number of nitrogens with zero attached hydrogens (tertiary/aromatic N) is 4. The number of hydrogen-bond donors (Lipinski definition) is 1. The average molecular weight is 448 g/mol. The monoisotopic (exact) mass is 447 g/mol. The highest BCUT2D eigenvalue weighted by molar-refractivity contribution is 7.89. The molecule has 2 fully saturated rings. The third kappa shape index (κ3) is 4.70. The molecule has 10 heteroatoms.